The van der Waals surface area contributed by atoms with E-state index in [-0.39, 0.29) is 36.1 Å². The van der Waals surface area contributed by atoms with Gasteiger partial charge >= 0.3 is 29.6 Å². The summed E-state index contributed by atoms with van der Waals surface area (Å²) in [5, 5.41) is 13.1. The van der Waals surface area contributed by atoms with Gasteiger partial charge < -0.3 is 15.2 Å². The fourth-order valence-corrected chi connectivity index (χ4v) is 2.69. The molecule has 0 radical (unpaired) electrons. The maximum atomic E-state index is 10.2. The number of carbonyl (C=O) groups is 1. The van der Waals surface area contributed by atoms with Crippen molar-refractivity contribution in [1.82, 2.24) is 5.32 Å². The van der Waals surface area contributed by atoms with Crippen LogP contribution in [0.4, 0.5) is 0 Å². The maximum Gasteiger partial charge on any atom is 1.00 e. The molecule has 0 bridgehead atoms. The first-order valence-electron chi connectivity index (χ1n) is 9.83. The van der Waals surface area contributed by atoms with E-state index in [2.05, 4.69) is 24.4 Å². The molecule has 0 aromatic carbocycles. The van der Waals surface area contributed by atoms with E-state index < -0.39 is 5.97 Å². The number of hydrogen-bond acceptors (Lipinski definition) is 3. The van der Waals surface area contributed by atoms with Crippen molar-refractivity contribution in [2.75, 3.05) is 13.1 Å². The van der Waals surface area contributed by atoms with Crippen LogP contribution in [-0.2, 0) is 4.79 Å². The van der Waals surface area contributed by atoms with Gasteiger partial charge in [0.1, 0.15) is 0 Å². The van der Waals surface area contributed by atoms with Crippen LogP contribution in [0.15, 0.2) is 12.2 Å². The van der Waals surface area contributed by atoms with Crippen molar-refractivity contribution in [2.24, 2.45) is 0 Å². The van der Waals surface area contributed by atoms with Gasteiger partial charge in [0.2, 0.25) is 0 Å². The molecule has 0 aliphatic heterocycles. The molecule has 0 aromatic rings. The number of nitrogens with one attached hydrogen (secondary N) is 1. The third-order valence-electron chi connectivity index (χ3n) is 4.13. The van der Waals surface area contributed by atoms with Gasteiger partial charge in [0.05, 0.1) is 5.97 Å². The fourth-order valence-electron chi connectivity index (χ4n) is 2.69. The second-order valence-corrected chi connectivity index (χ2v) is 6.49. The van der Waals surface area contributed by atoms with Crippen molar-refractivity contribution >= 4 is 5.97 Å². The van der Waals surface area contributed by atoms with Gasteiger partial charge in [0, 0.05) is 6.54 Å². The largest absolute Gasteiger partial charge is 1.00 e. The Kier molecular flexibility index (Phi) is 25.5. The Hall–Kier alpha value is 0.170. The minimum Gasteiger partial charge on any atom is -0.549 e. The van der Waals surface area contributed by atoms with Crippen LogP contribution in [0.1, 0.15) is 96.8 Å². The number of aliphatic carboxylic acids is 1. The standard InChI is InChI=1S/C20H39NO2.Na/c1-2-3-4-5-6-7-8-9-10-11-12-13-14-15-16-17-18-21-19-20(22)23;/h9-10,21H,2-8,11-19H2,1H3,(H,22,23);/q;+1/p-1/b10-9-;. The number of carbonyl (C=O) groups excluding carboxylic acids is 1. The summed E-state index contributed by atoms with van der Waals surface area (Å²) >= 11 is 0. The predicted molar refractivity (Wildman–Crippen MR) is 97.3 cm³/mol. The number of rotatable bonds is 18. The molecule has 0 aliphatic carbocycles. The average Bonchev–Trinajstić information content (AvgIpc) is 2.53. The number of unbranched alkanes of at least 4 members (excludes halogenated alkanes) is 12. The summed E-state index contributed by atoms with van der Waals surface area (Å²) < 4.78 is 0. The molecule has 0 saturated carbocycles. The van der Waals surface area contributed by atoms with Crippen LogP contribution in [-0.4, -0.2) is 19.1 Å². The van der Waals surface area contributed by atoms with E-state index in [4.69, 9.17) is 0 Å². The molecule has 0 unspecified atom stereocenters. The van der Waals surface area contributed by atoms with Gasteiger partial charge in [-0.3, -0.25) is 0 Å². The van der Waals surface area contributed by atoms with Crippen molar-refractivity contribution < 1.29 is 39.5 Å². The predicted octanol–water partition coefficient (Wildman–Crippen LogP) is 1.37. The van der Waals surface area contributed by atoms with Gasteiger partial charge in [-0.25, -0.2) is 0 Å². The zero-order valence-electron chi connectivity index (χ0n) is 16.3. The number of allylic oxidation sites excluding steroid dienone is 2. The van der Waals surface area contributed by atoms with Crippen LogP contribution in [0.2, 0.25) is 0 Å². The van der Waals surface area contributed by atoms with Crippen LogP contribution in [0, 0.1) is 0 Å². The Morgan fingerprint density at radius 3 is 1.75 bits per heavy atom. The summed E-state index contributed by atoms with van der Waals surface area (Å²) in [5.41, 5.74) is 0. The van der Waals surface area contributed by atoms with E-state index in [1.807, 2.05) is 0 Å². The first kappa shape index (κ1) is 26.4. The molecule has 0 aromatic heterocycles. The van der Waals surface area contributed by atoms with Crippen LogP contribution >= 0.6 is 0 Å². The van der Waals surface area contributed by atoms with Crippen molar-refractivity contribution in [2.45, 2.75) is 96.8 Å². The molecule has 0 amide bonds. The summed E-state index contributed by atoms with van der Waals surface area (Å²) in [5.74, 6) is -1.02. The third-order valence-corrected chi connectivity index (χ3v) is 4.13. The SMILES string of the molecule is CCCCCCCC/C=C\CCCCCCCCNCC(=O)[O-].[Na+]. The summed E-state index contributed by atoms with van der Waals surface area (Å²) in [6.45, 7) is 3.03. The Labute approximate surface area is 172 Å². The van der Waals surface area contributed by atoms with E-state index in [1.54, 1.807) is 0 Å². The van der Waals surface area contributed by atoms with Crippen molar-refractivity contribution in [3.63, 3.8) is 0 Å². The fraction of sp³-hybridized carbons (Fsp3) is 0.850. The summed E-state index contributed by atoms with van der Waals surface area (Å²) in [4.78, 5) is 10.2. The summed E-state index contributed by atoms with van der Waals surface area (Å²) in [6, 6.07) is 0. The number of hydrogen-bond donors (Lipinski definition) is 1. The average molecular weight is 348 g/mol. The topological polar surface area (TPSA) is 52.2 Å². The molecule has 0 rings (SSSR count). The number of carboxylic acid groups (broad SMARTS) is 1. The van der Waals surface area contributed by atoms with Gasteiger partial charge in [0.15, 0.2) is 0 Å². The van der Waals surface area contributed by atoms with E-state index in [9.17, 15) is 9.90 Å². The second kappa shape index (κ2) is 23.2. The summed E-state index contributed by atoms with van der Waals surface area (Å²) in [6.07, 6.45) is 22.9. The van der Waals surface area contributed by atoms with Gasteiger partial charge in [-0.1, -0.05) is 76.9 Å². The molecule has 0 aliphatic rings. The first-order chi connectivity index (χ1) is 11.3. The van der Waals surface area contributed by atoms with Gasteiger partial charge in [0.25, 0.3) is 0 Å². The van der Waals surface area contributed by atoms with Crippen molar-refractivity contribution in [3.8, 4) is 0 Å². The van der Waals surface area contributed by atoms with Crippen LogP contribution in [0.3, 0.4) is 0 Å². The van der Waals surface area contributed by atoms with Gasteiger partial charge in [-0.2, -0.15) is 0 Å². The molecule has 0 atom stereocenters. The molecular weight excluding hydrogens is 309 g/mol. The van der Waals surface area contributed by atoms with Gasteiger partial charge in [-0.15, -0.1) is 0 Å². The van der Waals surface area contributed by atoms with Crippen LogP contribution in [0.25, 0.3) is 0 Å². The Morgan fingerprint density at radius 2 is 1.25 bits per heavy atom. The van der Waals surface area contributed by atoms with E-state index in [1.165, 1.54) is 83.5 Å². The monoisotopic (exact) mass is 347 g/mol. The molecule has 0 spiro atoms. The van der Waals surface area contributed by atoms with E-state index >= 15 is 0 Å². The third kappa shape index (κ3) is 24.4. The smallest absolute Gasteiger partial charge is 0.549 e. The van der Waals surface area contributed by atoms with E-state index in [0.717, 1.165) is 13.0 Å². The molecule has 0 saturated heterocycles. The molecule has 3 nitrogen and oxygen atoms in total. The quantitative estimate of drug-likeness (QED) is 0.231. The molecule has 4 heteroatoms. The van der Waals surface area contributed by atoms with Gasteiger partial charge in [-0.05, 0) is 38.6 Å². The van der Waals surface area contributed by atoms with Crippen LogP contribution in [0.5, 0.6) is 0 Å². The molecule has 0 heterocycles. The molecular formula is C20H38NNaO2. The minimum absolute atomic E-state index is 0. The molecule has 136 valence electrons. The maximum absolute atomic E-state index is 10.2. The molecule has 1 N–H and O–H groups in total. The van der Waals surface area contributed by atoms with Crippen molar-refractivity contribution in [3.05, 3.63) is 12.2 Å². The Balaban J connectivity index is 0. The zero-order valence-corrected chi connectivity index (χ0v) is 18.3. The second-order valence-electron chi connectivity index (χ2n) is 6.49. The first-order valence-corrected chi connectivity index (χ1v) is 9.83. The van der Waals surface area contributed by atoms with Crippen molar-refractivity contribution in [1.29, 1.82) is 0 Å². The zero-order chi connectivity index (χ0) is 17.0. The number of carboxylic acids is 1. The minimum atomic E-state index is -1.02. The Morgan fingerprint density at radius 1 is 0.792 bits per heavy atom. The molecule has 24 heavy (non-hydrogen) atoms. The summed E-state index contributed by atoms with van der Waals surface area (Å²) in [7, 11) is 0. The van der Waals surface area contributed by atoms with E-state index in [0.29, 0.717) is 0 Å². The normalized spacial score (nSPS) is 10.9. The molecule has 0 fully saturated rings. The Bertz CT molecular complexity index is 283. The van der Waals surface area contributed by atoms with Crippen LogP contribution < -0.4 is 40.0 Å².